The van der Waals surface area contributed by atoms with Crippen molar-refractivity contribution in [1.29, 1.82) is 0 Å². The Morgan fingerprint density at radius 1 is 1.62 bits per heavy atom. The highest BCUT2D eigenvalue weighted by molar-refractivity contribution is 9.10. The standard InChI is InChI=1S/C11H18BrN3O/c1-3-15-9(10(12)8(2)14-15)6-11(16)4-5-13-7-11/h13,16H,3-7H2,1-2H3. The van der Waals surface area contributed by atoms with E-state index in [1.165, 1.54) is 0 Å². The van der Waals surface area contributed by atoms with Gasteiger partial charge in [-0.25, -0.2) is 0 Å². The molecule has 0 saturated carbocycles. The lowest BCUT2D eigenvalue weighted by molar-refractivity contribution is 0.0595. The summed E-state index contributed by atoms with van der Waals surface area (Å²) in [4.78, 5) is 0. The Morgan fingerprint density at radius 3 is 2.94 bits per heavy atom. The van der Waals surface area contributed by atoms with Gasteiger partial charge in [-0.15, -0.1) is 0 Å². The normalized spacial score (nSPS) is 25.2. The van der Waals surface area contributed by atoms with Crippen LogP contribution in [-0.2, 0) is 13.0 Å². The fourth-order valence-electron chi connectivity index (χ4n) is 2.23. The molecule has 0 radical (unpaired) electrons. The zero-order chi connectivity index (χ0) is 11.8. The number of rotatable bonds is 3. The number of halogens is 1. The van der Waals surface area contributed by atoms with E-state index in [1.54, 1.807) is 0 Å². The minimum atomic E-state index is -0.609. The second-order valence-corrected chi connectivity index (χ2v) is 5.28. The summed E-state index contributed by atoms with van der Waals surface area (Å²) in [5.74, 6) is 0. The van der Waals surface area contributed by atoms with Crippen LogP contribution in [0.25, 0.3) is 0 Å². The van der Waals surface area contributed by atoms with Gasteiger partial charge in [-0.05, 0) is 42.7 Å². The van der Waals surface area contributed by atoms with Gasteiger partial charge in [-0.1, -0.05) is 0 Å². The van der Waals surface area contributed by atoms with Gasteiger partial charge in [0.25, 0.3) is 0 Å². The smallest absolute Gasteiger partial charge is 0.0839 e. The molecule has 0 aliphatic carbocycles. The van der Waals surface area contributed by atoms with Gasteiger partial charge >= 0.3 is 0 Å². The number of hydrogen-bond acceptors (Lipinski definition) is 3. The van der Waals surface area contributed by atoms with Crippen LogP contribution in [0.5, 0.6) is 0 Å². The van der Waals surface area contributed by atoms with Gasteiger partial charge < -0.3 is 10.4 Å². The fraction of sp³-hybridized carbons (Fsp3) is 0.727. The molecule has 1 atom stereocenters. The third-order valence-electron chi connectivity index (χ3n) is 3.17. The highest BCUT2D eigenvalue weighted by atomic mass is 79.9. The monoisotopic (exact) mass is 287 g/mol. The summed E-state index contributed by atoms with van der Waals surface area (Å²) in [7, 11) is 0. The zero-order valence-electron chi connectivity index (χ0n) is 9.76. The lowest BCUT2D eigenvalue weighted by Gasteiger charge is -2.21. The highest BCUT2D eigenvalue weighted by Crippen LogP contribution is 2.27. The van der Waals surface area contributed by atoms with E-state index in [1.807, 2.05) is 11.6 Å². The Labute approximate surface area is 104 Å². The molecule has 16 heavy (non-hydrogen) atoms. The molecule has 0 spiro atoms. The van der Waals surface area contributed by atoms with Gasteiger partial charge in [0.15, 0.2) is 0 Å². The van der Waals surface area contributed by atoms with Crippen LogP contribution in [0, 0.1) is 6.92 Å². The quantitative estimate of drug-likeness (QED) is 0.880. The van der Waals surface area contributed by atoms with Crippen LogP contribution in [0.4, 0.5) is 0 Å². The zero-order valence-corrected chi connectivity index (χ0v) is 11.3. The molecule has 1 aliphatic rings. The molecule has 1 unspecified atom stereocenters. The maximum Gasteiger partial charge on any atom is 0.0839 e. The molecule has 0 amide bonds. The van der Waals surface area contributed by atoms with E-state index >= 15 is 0 Å². The Bertz CT molecular complexity index is 383. The number of aryl methyl sites for hydroxylation is 2. The average Bonchev–Trinajstić information content (AvgIpc) is 2.78. The molecule has 2 rings (SSSR count). The summed E-state index contributed by atoms with van der Waals surface area (Å²) in [5, 5.41) is 18.0. The molecule has 2 N–H and O–H groups in total. The largest absolute Gasteiger partial charge is 0.388 e. The molecule has 2 heterocycles. The maximum absolute atomic E-state index is 10.4. The predicted molar refractivity (Wildman–Crippen MR) is 66.5 cm³/mol. The molecule has 1 saturated heterocycles. The number of aromatic nitrogens is 2. The summed E-state index contributed by atoms with van der Waals surface area (Å²) < 4.78 is 3.00. The van der Waals surface area contributed by atoms with Crippen LogP contribution in [0.3, 0.4) is 0 Å². The molecule has 1 aliphatic heterocycles. The lowest BCUT2D eigenvalue weighted by Crippen LogP contribution is -2.34. The summed E-state index contributed by atoms with van der Waals surface area (Å²) in [5.41, 5.74) is 1.49. The van der Waals surface area contributed by atoms with E-state index in [0.29, 0.717) is 13.0 Å². The van der Waals surface area contributed by atoms with Gasteiger partial charge in [0.2, 0.25) is 0 Å². The van der Waals surface area contributed by atoms with Crippen LogP contribution < -0.4 is 5.32 Å². The molecule has 0 bridgehead atoms. The van der Waals surface area contributed by atoms with E-state index in [-0.39, 0.29) is 0 Å². The van der Waals surface area contributed by atoms with Crippen molar-refractivity contribution in [1.82, 2.24) is 15.1 Å². The maximum atomic E-state index is 10.4. The second-order valence-electron chi connectivity index (χ2n) is 4.49. The van der Waals surface area contributed by atoms with Crippen molar-refractivity contribution in [3.63, 3.8) is 0 Å². The predicted octanol–water partition coefficient (Wildman–Crippen LogP) is 1.24. The first-order valence-corrected chi connectivity index (χ1v) is 6.50. The first-order chi connectivity index (χ1) is 7.56. The topological polar surface area (TPSA) is 50.1 Å². The molecular weight excluding hydrogens is 270 g/mol. The second kappa shape index (κ2) is 4.47. The van der Waals surface area contributed by atoms with E-state index in [4.69, 9.17) is 0 Å². The summed E-state index contributed by atoms with van der Waals surface area (Å²) in [6.45, 7) is 6.46. The molecule has 1 aromatic heterocycles. The molecule has 5 heteroatoms. The van der Waals surface area contributed by atoms with E-state index < -0.39 is 5.60 Å². The van der Waals surface area contributed by atoms with Crippen LogP contribution in [0.1, 0.15) is 24.7 Å². The SMILES string of the molecule is CCn1nc(C)c(Br)c1CC1(O)CCNC1. The number of aliphatic hydroxyl groups is 1. The van der Waals surface area contributed by atoms with E-state index in [2.05, 4.69) is 33.3 Å². The highest BCUT2D eigenvalue weighted by Gasteiger charge is 2.33. The van der Waals surface area contributed by atoms with E-state index in [0.717, 1.165) is 35.4 Å². The molecule has 0 aromatic carbocycles. The van der Waals surface area contributed by atoms with Crippen molar-refractivity contribution in [3.05, 3.63) is 15.9 Å². The van der Waals surface area contributed by atoms with Gasteiger partial charge in [-0.2, -0.15) is 5.10 Å². The Morgan fingerprint density at radius 2 is 2.38 bits per heavy atom. The minimum Gasteiger partial charge on any atom is -0.388 e. The van der Waals surface area contributed by atoms with Gasteiger partial charge in [0.1, 0.15) is 0 Å². The van der Waals surface area contributed by atoms with Crippen molar-refractivity contribution in [3.8, 4) is 0 Å². The van der Waals surface area contributed by atoms with Crippen LogP contribution >= 0.6 is 15.9 Å². The number of β-amino-alcohol motifs (C(OH)–C–C–N with tert-alkyl or cyclic N) is 1. The fourth-order valence-corrected chi connectivity index (χ4v) is 2.66. The first kappa shape index (κ1) is 12.1. The Hall–Kier alpha value is -0.390. The number of hydrogen-bond donors (Lipinski definition) is 2. The Balaban J connectivity index is 2.26. The first-order valence-electron chi connectivity index (χ1n) is 5.70. The van der Waals surface area contributed by atoms with E-state index in [9.17, 15) is 5.11 Å². The Kier molecular flexibility index (Phi) is 3.37. The summed E-state index contributed by atoms with van der Waals surface area (Å²) in [6.07, 6.45) is 1.47. The van der Waals surface area contributed by atoms with Crippen LogP contribution in [0.15, 0.2) is 4.47 Å². The molecule has 1 fully saturated rings. The van der Waals surface area contributed by atoms with Gasteiger partial charge in [0.05, 0.1) is 21.5 Å². The van der Waals surface area contributed by atoms with Crippen molar-refractivity contribution in [2.75, 3.05) is 13.1 Å². The summed E-state index contributed by atoms with van der Waals surface area (Å²) >= 11 is 3.56. The summed E-state index contributed by atoms with van der Waals surface area (Å²) in [6, 6.07) is 0. The average molecular weight is 288 g/mol. The van der Waals surface area contributed by atoms with Crippen LogP contribution in [0.2, 0.25) is 0 Å². The van der Waals surface area contributed by atoms with Crippen molar-refractivity contribution in [2.45, 2.75) is 38.8 Å². The van der Waals surface area contributed by atoms with Crippen molar-refractivity contribution < 1.29 is 5.11 Å². The third-order valence-corrected chi connectivity index (χ3v) is 4.20. The number of nitrogens with one attached hydrogen (secondary N) is 1. The molecule has 90 valence electrons. The molecule has 1 aromatic rings. The minimum absolute atomic E-state index is 0.609. The molecule has 4 nitrogen and oxygen atoms in total. The lowest BCUT2D eigenvalue weighted by atomic mass is 9.97. The molecular formula is C11H18BrN3O. The number of nitrogens with zero attached hydrogens (tertiary/aromatic N) is 2. The van der Waals surface area contributed by atoms with Crippen LogP contribution in [-0.4, -0.2) is 33.6 Å². The third kappa shape index (κ3) is 2.17. The van der Waals surface area contributed by atoms with Gasteiger partial charge in [-0.3, -0.25) is 4.68 Å². The van der Waals surface area contributed by atoms with Gasteiger partial charge in [0, 0.05) is 19.5 Å². The van der Waals surface area contributed by atoms with Crippen molar-refractivity contribution >= 4 is 15.9 Å². The van der Waals surface area contributed by atoms with Crippen molar-refractivity contribution in [2.24, 2.45) is 0 Å².